The molecule has 0 bridgehead atoms. The quantitative estimate of drug-likeness (QED) is 0.273. The summed E-state index contributed by atoms with van der Waals surface area (Å²) in [5.41, 5.74) is 0.897. The van der Waals surface area contributed by atoms with Gasteiger partial charge in [0.25, 0.3) is 5.91 Å². The smallest absolute Gasteiger partial charge is 0.295 e. The summed E-state index contributed by atoms with van der Waals surface area (Å²) in [6, 6.07) is 11.0. The first kappa shape index (κ1) is 27.1. The van der Waals surface area contributed by atoms with E-state index in [0.29, 0.717) is 48.1 Å². The number of carbonyl (C=O) groups excluding carboxylic acids is 2. The van der Waals surface area contributed by atoms with E-state index in [1.165, 1.54) is 24.0 Å². The number of hydrogen-bond donors (Lipinski definition) is 1. The predicted molar refractivity (Wildman–Crippen MR) is 135 cm³/mol. The molecule has 1 saturated heterocycles. The zero-order valence-electron chi connectivity index (χ0n) is 21.8. The average Bonchev–Trinajstić information content (AvgIpc) is 3.17. The van der Waals surface area contributed by atoms with E-state index in [1.807, 2.05) is 6.92 Å². The van der Waals surface area contributed by atoms with Crippen LogP contribution in [0.5, 0.6) is 17.2 Å². The van der Waals surface area contributed by atoms with Crippen LogP contribution in [0.2, 0.25) is 0 Å². The van der Waals surface area contributed by atoms with Crippen molar-refractivity contribution in [1.29, 1.82) is 0 Å². The van der Waals surface area contributed by atoms with Crippen molar-refractivity contribution in [3.8, 4) is 17.2 Å². The predicted octanol–water partition coefficient (Wildman–Crippen LogP) is 1.64. The molecule has 2 aromatic carbocycles. The first-order chi connectivity index (χ1) is 17.4. The molecular formula is C28H36N2O6. The minimum atomic E-state index is -0.816. The van der Waals surface area contributed by atoms with Gasteiger partial charge in [0.1, 0.15) is 5.75 Å². The number of ketones is 1. The summed E-state index contributed by atoms with van der Waals surface area (Å²) in [6.45, 7) is 9.52. The Morgan fingerprint density at radius 1 is 0.972 bits per heavy atom. The number of quaternary nitrogens is 1. The molecule has 194 valence electrons. The summed E-state index contributed by atoms with van der Waals surface area (Å²) in [5, 5.41) is 13.6. The van der Waals surface area contributed by atoms with Crippen molar-refractivity contribution in [2.24, 2.45) is 0 Å². The molecule has 1 fully saturated rings. The molecule has 0 saturated carbocycles. The molecule has 1 unspecified atom stereocenters. The standard InChI is InChI=1S/C28H36N2O6/c1-6-17-36-22-14-11-20(18-23(22)35-5)25-24(26(31)19-9-12-21(34-4)13-10-19)27(32)28(33)30(25)16-15-29(7-2)8-3/h9-14,18,25,31H,6-8,15-17H2,1-5H3. The van der Waals surface area contributed by atoms with E-state index < -0.39 is 23.5 Å². The molecule has 1 aliphatic heterocycles. The molecule has 0 radical (unpaired) electrons. The number of carbonyl (C=O) groups is 2. The minimum Gasteiger partial charge on any atom is -0.872 e. The summed E-state index contributed by atoms with van der Waals surface area (Å²) < 4.78 is 16.5. The third-order valence-electron chi connectivity index (χ3n) is 6.55. The van der Waals surface area contributed by atoms with Crippen molar-refractivity contribution in [3.05, 3.63) is 59.2 Å². The van der Waals surface area contributed by atoms with Crippen molar-refractivity contribution in [2.45, 2.75) is 33.2 Å². The normalized spacial score (nSPS) is 17.1. The average molecular weight is 497 g/mol. The number of benzene rings is 2. The topological polar surface area (TPSA) is 92.6 Å². The second-order valence-corrected chi connectivity index (χ2v) is 8.67. The second kappa shape index (κ2) is 12.4. The van der Waals surface area contributed by atoms with Gasteiger partial charge < -0.3 is 29.1 Å². The molecule has 1 N–H and O–H groups in total. The Labute approximate surface area is 213 Å². The number of amides is 1. The van der Waals surface area contributed by atoms with Gasteiger partial charge in [0.2, 0.25) is 5.78 Å². The molecule has 36 heavy (non-hydrogen) atoms. The third-order valence-corrected chi connectivity index (χ3v) is 6.55. The number of hydrogen-bond acceptors (Lipinski definition) is 6. The molecule has 3 rings (SSSR count). The van der Waals surface area contributed by atoms with Crippen molar-refractivity contribution in [1.82, 2.24) is 4.90 Å². The van der Waals surface area contributed by atoms with E-state index in [1.54, 1.807) is 42.5 Å². The Hall–Kier alpha value is -3.52. The fraction of sp³-hybridized carbons (Fsp3) is 0.429. The van der Waals surface area contributed by atoms with Gasteiger partial charge in [0.05, 0.1) is 53.0 Å². The lowest BCUT2D eigenvalue weighted by Crippen LogP contribution is -3.12. The fourth-order valence-electron chi connectivity index (χ4n) is 4.41. The van der Waals surface area contributed by atoms with E-state index in [2.05, 4.69) is 13.8 Å². The summed E-state index contributed by atoms with van der Waals surface area (Å²) in [6.07, 6.45) is 0.840. The van der Waals surface area contributed by atoms with Gasteiger partial charge >= 0.3 is 0 Å². The number of likely N-dealkylation sites (N-methyl/N-ethyl adjacent to an activating group) is 1. The van der Waals surface area contributed by atoms with E-state index in [9.17, 15) is 14.7 Å². The van der Waals surface area contributed by atoms with Crippen LogP contribution in [0.1, 0.15) is 44.4 Å². The van der Waals surface area contributed by atoms with Gasteiger partial charge in [-0.1, -0.05) is 30.9 Å². The van der Waals surface area contributed by atoms with Crippen LogP contribution < -0.4 is 24.2 Å². The number of rotatable bonds is 12. The van der Waals surface area contributed by atoms with Crippen LogP contribution in [-0.2, 0) is 9.59 Å². The molecule has 0 aromatic heterocycles. The van der Waals surface area contributed by atoms with Crippen molar-refractivity contribution in [2.75, 3.05) is 47.0 Å². The number of methoxy groups -OCH3 is 2. The van der Waals surface area contributed by atoms with Crippen LogP contribution in [-0.4, -0.2) is 63.6 Å². The highest BCUT2D eigenvalue weighted by Gasteiger charge is 2.44. The first-order valence-electron chi connectivity index (χ1n) is 12.4. The van der Waals surface area contributed by atoms with Crippen LogP contribution in [0.15, 0.2) is 48.0 Å². The zero-order valence-corrected chi connectivity index (χ0v) is 21.8. The highest BCUT2D eigenvalue weighted by Crippen LogP contribution is 2.41. The number of Topliss-reactive ketones (excluding diaryl/α,β-unsaturated/α-hetero) is 1. The van der Waals surface area contributed by atoms with Crippen LogP contribution in [0.3, 0.4) is 0 Å². The summed E-state index contributed by atoms with van der Waals surface area (Å²) >= 11 is 0. The fourth-order valence-corrected chi connectivity index (χ4v) is 4.41. The van der Waals surface area contributed by atoms with E-state index >= 15 is 0 Å². The lowest BCUT2D eigenvalue weighted by atomic mass is 9.95. The van der Waals surface area contributed by atoms with Crippen molar-refractivity contribution >= 4 is 17.4 Å². The van der Waals surface area contributed by atoms with Crippen LogP contribution in [0.4, 0.5) is 0 Å². The van der Waals surface area contributed by atoms with Gasteiger partial charge in [0.15, 0.2) is 11.5 Å². The van der Waals surface area contributed by atoms with Crippen molar-refractivity contribution in [3.63, 3.8) is 0 Å². The summed E-state index contributed by atoms with van der Waals surface area (Å²) in [4.78, 5) is 29.3. The van der Waals surface area contributed by atoms with E-state index in [-0.39, 0.29) is 5.57 Å². The maximum absolute atomic E-state index is 13.6. The van der Waals surface area contributed by atoms with Crippen molar-refractivity contribution < 1.29 is 33.8 Å². The zero-order chi connectivity index (χ0) is 26.2. The molecule has 1 aliphatic rings. The Bertz CT molecular complexity index is 1090. The molecule has 8 heteroatoms. The number of nitrogens with one attached hydrogen (secondary N) is 1. The largest absolute Gasteiger partial charge is 0.872 e. The lowest BCUT2D eigenvalue weighted by molar-refractivity contribution is -0.895. The molecule has 1 amide bonds. The van der Waals surface area contributed by atoms with Gasteiger partial charge in [0, 0.05) is 5.57 Å². The lowest BCUT2D eigenvalue weighted by Gasteiger charge is -2.29. The van der Waals surface area contributed by atoms with Gasteiger partial charge in [-0.25, -0.2) is 0 Å². The molecule has 1 atom stereocenters. The van der Waals surface area contributed by atoms with Crippen LogP contribution >= 0.6 is 0 Å². The third kappa shape index (κ3) is 5.65. The molecule has 0 spiro atoms. The Kier molecular flexibility index (Phi) is 9.36. The monoisotopic (exact) mass is 496 g/mol. The number of likely N-dealkylation sites (tertiary alicyclic amines) is 1. The molecular weight excluding hydrogens is 460 g/mol. The summed E-state index contributed by atoms with van der Waals surface area (Å²) in [5.74, 6) is -0.240. The maximum Gasteiger partial charge on any atom is 0.295 e. The highest BCUT2D eigenvalue weighted by atomic mass is 16.5. The first-order valence-corrected chi connectivity index (χ1v) is 12.4. The SMILES string of the molecule is CCCOc1ccc(C2C(=C([O-])c3ccc(OC)cc3)C(=O)C(=O)N2CC[NH+](CC)CC)cc1OC. The van der Waals surface area contributed by atoms with Crippen LogP contribution in [0.25, 0.3) is 5.76 Å². The highest BCUT2D eigenvalue weighted by molar-refractivity contribution is 6.46. The summed E-state index contributed by atoms with van der Waals surface area (Å²) in [7, 11) is 3.08. The molecule has 1 heterocycles. The second-order valence-electron chi connectivity index (χ2n) is 8.67. The maximum atomic E-state index is 13.6. The Morgan fingerprint density at radius 3 is 2.25 bits per heavy atom. The van der Waals surface area contributed by atoms with Gasteiger partial charge in [-0.05, 0) is 55.7 Å². The number of nitrogens with zero attached hydrogens (tertiary/aromatic N) is 1. The Balaban J connectivity index is 2.12. The number of ether oxygens (including phenoxy) is 3. The Morgan fingerprint density at radius 2 is 1.67 bits per heavy atom. The van der Waals surface area contributed by atoms with E-state index in [4.69, 9.17) is 14.2 Å². The minimum absolute atomic E-state index is 0.0519. The molecule has 8 nitrogen and oxygen atoms in total. The van der Waals surface area contributed by atoms with Gasteiger partial charge in [-0.3, -0.25) is 9.59 Å². The van der Waals surface area contributed by atoms with Gasteiger partial charge in [-0.2, -0.15) is 0 Å². The van der Waals surface area contributed by atoms with E-state index in [0.717, 1.165) is 19.5 Å². The molecule has 0 aliphatic carbocycles. The molecule has 2 aromatic rings. The van der Waals surface area contributed by atoms with Crippen LogP contribution in [0, 0.1) is 0 Å². The van der Waals surface area contributed by atoms with Gasteiger partial charge in [-0.15, -0.1) is 0 Å².